The van der Waals surface area contributed by atoms with E-state index in [1.165, 1.54) is 47.3 Å². The van der Waals surface area contributed by atoms with Crippen molar-refractivity contribution < 1.29 is 21.9 Å². The third-order valence-electron chi connectivity index (χ3n) is 5.48. The van der Waals surface area contributed by atoms with Crippen LogP contribution >= 0.6 is 11.3 Å². The summed E-state index contributed by atoms with van der Waals surface area (Å²) in [4.78, 5) is 10.3. The molecule has 5 rings (SSSR count). The summed E-state index contributed by atoms with van der Waals surface area (Å²) < 4.78 is 60.3. The molecule has 170 valence electrons. The monoisotopic (exact) mass is 488 g/mol. The third kappa shape index (κ3) is 3.92. The van der Waals surface area contributed by atoms with Crippen LogP contribution in [0.15, 0.2) is 53.7 Å². The van der Waals surface area contributed by atoms with Crippen LogP contribution in [0, 0.1) is 11.6 Å². The minimum Gasteiger partial charge on any atom is -0.497 e. The summed E-state index contributed by atoms with van der Waals surface area (Å²) in [5.74, 6) is -0.426. The molecule has 0 radical (unpaired) electrons. The zero-order valence-corrected chi connectivity index (χ0v) is 19.0. The van der Waals surface area contributed by atoms with Gasteiger partial charge in [0.25, 0.3) is 0 Å². The highest BCUT2D eigenvalue weighted by Crippen LogP contribution is 2.39. The minimum absolute atomic E-state index is 0.0934. The highest BCUT2D eigenvalue weighted by atomic mass is 32.2. The number of sulfonamides is 1. The molecule has 0 bridgehead atoms. The average Bonchev–Trinajstić information content (AvgIpc) is 3.19. The van der Waals surface area contributed by atoms with Crippen molar-refractivity contribution >= 4 is 43.1 Å². The summed E-state index contributed by atoms with van der Waals surface area (Å²) in [6, 6.07) is 9.55. The molecule has 0 saturated heterocycles. The van der Waals surface area contributed by atoms with E-state index in [9.17, 15) is 17.2 Å². The predicted octanol–water partition coefficient (Wildman–Crippen LogP) is 4.47. The normalized spacial score (nSPS) is 14.3. The first-order valence-electron chi connectivity index (χ1n) is 9.98. The molecule has 0 fully saturated rings. The number of rotatable bonds is 5. The van der Waals surface area contributed by atoms with Gasteiger partial charge in [0, 0.05) is 24.0 Å². The van der Waals surface area contributed by atoms with E-state index in [1.54, 1.807) is 12.1 Å². The second-order valence-electron chi connectivity index (χ2n) is 7.42. The number of aromatic nitrogens is 2. The molecule has 11 heteroatoms. The Bertz CT molecular complexity index is 1460. The summed E-state index contributed by atoms with van der Waals surface area (Å²) in [7, 11) is -2.17. The van der Waals surface area contributed by atoms with Gasteiger partial charge in [0.15, 0.2) is 0 Å². The molecule has 2 aromatic heterocycles. The van der Waals surface area contributed by atoms with E-state index in [0.29, 0.717) is 22.8 Å². The fourth-order valence-electron chi connectivity index (χ4n) is 3.82. The molecule has 0 spiro atoms. The van der Waals surface area contributed by atoms with Crippen LogP contribution < -0.4 is 10.1 Å². The third-order valence-corrected chi connectivity index (χ3v) is 8.47. The van der Waals surface area contributed by atoms with Crippen LogP contribution in [0.5, 0.6) is 5.75 Å². The van der Waals surface area contributed by atoms with Gasteiger partial charge in [-0.3, -0.25) is 0 Å². The van der Waals surface area contributed by atoms with Crippen LogP contribution in [0.3, 0.4) is 0 Å². The topological polar surface area (TPSA) is 84.4 Å². The van der Waals surface area contributed by atoms with Gasteiger partial charge < -0.3 is 10.1 Å². The Kier molecular flexibility index (Phi) is 5.47. The number of fused-ring (bicyclic) bond motifs is 3. The van der Waals surface area contributed by atoms with Crippen molar-refractivity contribution in [3.8, 4) is 5.75 Å². The summed E-state index contributed by atoms with van der Waals surface area (Å²) in [6.07, 6.45) is 1.82. The average molecular weight is 489 g/mol. The van der Waals surface area contributed by atoms with Crippen molar-refractivity contribution in [3.63, 3.8) is 0 Å². The number of ether oxygens (including phenoxy) is 1. The molecule has 0 saturated carbocycles. The zero-order chi connectivity index (χ0) is 23.2. The van der Waals surface area contributed by atoms with Crippen LogP contribution in [0.4, 0.5) is 20.3 Å². The van der Waals surface area contributed by atoms with E-state index in [0.717, 1.165) is 28.0 Å². The van der Waals surface area contributed by atoms with Crippen LogP contribution in [-0.4, -0.2) is 36.3 Å². The fourth-order valence-corrected chi connectivity index (χ4v) is 6.51. The Morgan fingerprint density at radius 2 is 1.91 bits per heavy atom. The molecule has 0 amide bonds. The first kappa shape index (κ1) is 21.7. The van der Waals surface area contributed by atoms with Gasteiger partial charge in [0.05, 0.1) is 23.1 Å². The Morgan fingerprint density at radius 1 is 1.12 bits per heavy atom. The van der Waals surface area contributed by atoms with Crippen molar-refractivity contribution in [2.75, 3.05) is 19.0 Å². The van der Waals surface area contributed by atoms with Gasteiger partial charge >= 0.3 is 0 Å². The molecular weight excluding hydrogens is 470 g/mol. The number of nitrogens with one attached hydrogen (secondary N) is 1. The van der Waals surface area contributed by atoms with E-state index < -0.39 is 21.7 Å². The Labute approximate surface area is 192 Å². The lowest BCUT2D eigenvalue weighted by Gasteiger charge is -2.26. The van der Waals surface area contributed by atoms with Crippen molar-refractivity contribution in [3.05, 3.63) is 70.9 Å². The largest absolute Gasteiger partial charge is 0.497 e. The standard InChI is InChI=1S/C22H18F2N4O3S2/c1-31-14-3-5-15(6-4-14)33(29,30)28-9-8-16-19(11-28)32-22-20(16)21(25-12-26-22)27-18-7-2-13(23)10-17(18)24/h2-7,10,12H,8-9,11H2,1H3,(H,25,26,27). The van der Waals surface area contributed by atoms with Crippen molar-refractivity contribution in [2.24, 2.45) is 0 Å². The first-order valence-corrected chi connectivity index (χ1v) is 12.2. The molecule has 1 aliphatic heterocycles. The molecule has 3 heterocycles. The van der Waals surface area contributed by atoms with Crippen LogP contribution in [0.1, 0.15) is 10.4 Å². The molecular formula is C22H18F2N4O3S2. The first-order chi connectivity index (χ1) is 15.9. The fraction of sp³-hybridized carbons (Fsp3) is 0.182. The molecule has 1 N–H and O–H groups in total. The summed E-state index contributed by atoms with van der Waals surface area (Å²) in [6.45, 7) is 0.488. The predicted molar refractivity (Wildman–Crippen MR) is 121 cm³/mol. The van der Waals surface area contributed by atoms with Crippen molar-refractivity contribution in [1.82, 2.24) is 14.3 Å². The quantitative estimate of drug-likeness (QED) is 0.446. The van der Waals surface area contributed by atoms with E-state index in [-0.39, 0.29) is 23.7 Å². The molecule has 1 aliphatic rings. The highest BCUT2D eigenvalue weighted by molar-refractivity contribution is 7.89. The Balaban J connectivity index is 1.48. The zero-order valence-electron chi connectivity index (χ0n) is 17.4. The van der Waals surface area contributed by atoms with Crippen molar-refractivity contribution in [2.45, 2.75) is 17.9 Å². The molecule has 33 heavy (non-hydrogen) atoms. The SMILES string of the molecule is COc1ccc(S(=O)(=O)N2CCc3c(sc4ncnc(Nc5ccc(F)cc5F)c34)C2)cc1. The molecule has 0 unspecified atom stereocenters. The molecule has 0 atom stereocenters. The molecule has 2 aromatic carbocycles. The summed E-state index contributed by atoms with van der Waals surface area (Å²) in [5, 5.41) is 3.65. The molecule has 0 aliphatic carbocycles. The van der Waals surface area contributed by atoms with Gasteiger partial charge in [-0.15, -0.1) is 11.3 Å². The van der Waals surface area contributed by atoms with Gasteiger partial charge in [-0.25, -0.2) is 27.2 Å². The maximum Gasteiger partial charge on any atom is 0.243 e. The van der Waals surface area contributed by atoms with E-state index in [2.05, 4.69) is 15.3 Å². The minimum atomic E-state index is -3.69. The number of hydrogen-bond acceptors (Lipinski definition) is 7. The van der Waals surface area contributed by atoms with Crippen LogP contribution in [0.25, 0.3) is 10.2 Å². The summed E-state index contributed by atoms with van der Waals surface area (Å²) >= 11 is 1.38. The lowest BCUT2D eigenvalue weighted by atomic mass is 10.1. The van der Waals surface area contributed by atoms with E-state index in [4.69, 9.17) is 4.74 Å². The smallest absolute Gasteiger partial charge is 0.243 e. The van der Waals surface area contributed by atoms with Gasteiger partial charge in [0.1, 0.15) is 34.4 Å². The number of methoxy groups -OCH3 is 1. The maximum absolute atomic E-state index is 14.2. The number of thiophene rings is 1. The number of hydrogen-bond donors (Lipinski definition) is 1. The number of nitrogens with zero attached hydrogens (tertiary/aromatic N) is 3. The van der Waals surface area contributed by atoms with E-state index in [1.807, 2.05) is 0 Å². The maximum atomic E-state index is 14.2. The van der Waals surface area contributed by atoms with Gasteiger partial charge in [-0.05, 0) is 48.4 Å². The van der Waals surface area contributed by atoms with Gasteiger partial charge in [-0.2, -0.15) is 4.31 Å². The summed E-state index contributed by atoms with van der Waals surface area (Å²) in [5.41, 5.74) is 1.03. The lowest BCUT2D eigenvalue weighted by Crippen LogP contribution is -2.35. The second-order valence-corrected chi connectivity index (χ2v) is 10.4. The number of benzene rings is 2. The molecule has 7 nitrogen and oxygen atoms in total. The number of halogens is 2. The second kappa shape index (κ2) is 8.32. The molecule has 4 aromatic rings. The Morgan fingerprint density at radius 3 is 2.64 bits per heavy atom. The van der Waals surface area contributed by atoms with Crippen molar-refractivity contribution in [1.29, 1.82) is 0 Å². The Hall–Kier alpha value is -3.15. The lowest BCUT2D eigenvalue weighted by molar-refractivity contribution is 0.396. The van der Waals surface area contributed by atoms with Crippen LogP contribution in [0.2, 0.25) is 0 Å². The van der Waals surface area contributed by atoms with Gasteiger partial charge in [-0.1, -0.05) is 0 Å². The van der Waals surface area contributed by atoms with Crippen LogP contribution in [-0.2, 0) is 23.0 Å². The number of anilines is 2. The highest BCUT2D eigenvalue weighted by Gasteiger charge is 2.31. The van der Waals surface area contributed by atoms with E-state index >= 15 is 0 Å². The van der Waals surface area contributed by atoms with Gasteiger partial charge in [0.2, 0.25) is 10.0 Å².